The second-order valence-corrected chi connectivity index (χ2v) is 4.95. The first-order valence-corrected chi connectivity index (χ1v) is 7.44. The van der Waals surface area contributed by atoms with E-state index in [2.05, 4.69) is 10.9 Å². The minimum absolute atomic E-state index is 0.312. The van der Waals surface area contributed by atoms with Gasteiger partial charge in [0.2, 0.25) is 0 Å². The molecule has 2 aromatic rings. The fraction of sp³-hybridized carbons (Fsp3) is 0.167. The van der Waals surface area contributed by atoms with Gasteiger partial charge in [-0.2, -0.15) is 5.26 Å². The number of nitrogens with zero attached hydrogens (tertiary/aromatic N) is 1. The largest absolute Gasteiger partial charge is 0.482 e. The molecule has 2 amide bonds. The summed E-state index contributed by atoms with van der Waals surface area (Å²) >= 11 is 0. The number of hydrogen-bond acceptors (Lipinski definition) is 4. The van der Waals surface area contributed by atoms with E-state index in [1.54, 1.807) is 36.4 Å². The summed E-state index contributed by atoms with van der Waals surface area (Å²) < 4.78 is 5.27. The van der Waals surface area contributed by atoms with E-state index in [0.717, 1.165) is 12.0 Å². The van der Waals surface area contributed by atoms with Gasteiger partial charge in [-0.1, -0.05) is 31.2 Å². The average molecular weight is 323 g/mol. The molecule has 0 aromatic heterocycles. The van der Waals surface area contributed by atoms with Gasteiger partial charge in [-0.15, -0.1) is 0 Å². The highest BCUT2D eigenvalue weighted by molar-refractivity contribution is 5.95. The molecule has 2 N–H and O–H groups in total. The van der Waals surface area contributed by atoms with Gasteiger partial charge >= 0.3 is 0 Å². The minimum atomic E-state index is -0.527. The van der Waals surface area contributed by atoms with Crippen molar-refractivity contribution in [1.82, 2.24) is 10.9 Å². The van der Waals surface area contributed by atoms with E-state index >= 15 is 0 Å². The predicted molar refractivity (Wildman–Crippen MR) is 88.1 cm³/mol. The molecule has 6 nitrogen and oxygen atoms in total. The molecule has 6 heteroatoms. The third kappa shape index (κ3) is 4.58. The number of para-hydroxylation sites is 1. The Morgan fingerprint density at radius 2 is 1.79 bits per heavy atom. The number of nitrogens with one attached hydrogen (secondary N) is 2. The number of hydrogen-bond donors (Lipinski definition) is 2. The molecule has 0 aliphatic heterocycles. The van der Waals surface area contributed by atoms with Crippen LogP contribution in [0.2, 0.25) is 0 Å². The summed E-state index contributed by atoms with van der Waals surface area (Å²) in [5.41, 5.74) is 6.50. The molecule has 0 saturated carbocycles. The van der Waals surface area contributed by atoms with Gasteiger partial charge in [-0.3, -0.25) is 20.4 Å². The molecule has 122 valence electrons. The first-order valence-electron chi connectivity index (χ1n) is 7.44. The maximum Gasteiger partial charge on any atom is 0.276 e. The Balaban J connectivity index is 1.82. The zero-order valence-corrected chi connectivity index (χ0v) is 13.2. The van der Waals surface area contributed by atoms with Crippen LogP contribution in [0.4, 0.5) is 0 Å². The fourth-order valence-electron chi connectivity index (χ4n) is 1.95. The Kier molecular flexibility index (Phi) is 5.92. The first-order chi connectivity index (χ1) is 11.6. The highest BCUT2D eigenvalue weighted by atomic mass is 16.5. The Hall–Kier alpha value is -3.33. The lowest BCUT2D eigenvalue weighted by molar-refractivity contribution is -0.123. The van der Waals surface area contributed by atoms with Crippen molar-refractivity contribution >= 4 is 11.8 Å². The number of rotatable bonds is 5. The number of nitriles is 1. The number of benzene rings is 2. The van der Waals surface area contributed by atoms with E-state index in [1.165, 1.54) is 0 Å². The summed E-state index contributed by atoms with van der Waals surface area (Å²) in [6, 6.07) is 15.7. The zero-order chi connectivity index (χ0) is 17.4. The van der Waals surface area contributed by atoms with E-state index in [4.69, 9.17) is 10.00 Å². The molecule has 0 unspecified atom stereocenters. The van der Waals surface area contributed by atoms with Gasteiger partial charge < -0.3 is 4.74 Å². The molecule has 0 saturated heterocycles. The van der Waals surface area contributed by atoms with Crippen LogP contribution in [0.3, 0.4) is 0 Å². The summed E-state index contributed by atoms with van der Waals surface area (Å²) in [5, 5.41) is 8.94. The van der Waals surface area contributed by atoms with Crippen LogP contribution in [0.5, 0.6) is 5.75 Å². The third-order valence-electron chi connectivity index (χ3n) is 3.31. The number of carbonyl (C=O) groups is 2. The molecule has 0 aliphatic carbocycles. The monoisotopic (exact) mass is 323 g/mol. The quantitative estimate of drug-likeness (QED) is 0.823. The predicted octanol–water partition coefficient (Wildman–Crippen LogP) is 1.96. The number of carbonyl (C=O) groups excluding carboxylic acids is 2. The molecule has 2 rings (SSSR count). The van der Waals surface area contributed by atoms with Gasteiger partial charge in [0.25, 0.3) is 11.8 Å². The van der Waals surface area contributed by atoms with Crippen molar-refractivity contribution in [3.8, 4) is 11.8 Å². The second kappa shape index (κ2) is 8.34. The van der Waals surface area contributed by atoms with Crippen molar-refractivity contribution in [1.29, 1.82) is 5.26 Å². The van der Waals surface area contributed by atoms with Gasteiger partial charge in [0.1, 0.15) is 11.8 Å². The molecular weight excluding hydrogens is 306 g/mol. The van der Waals surface area contributed by atoms with Gasteiger partial charge in [-0.25, -0.2) is 0 Å². The Morgan fingerprint density at radius 1 is 1.08 bits per heavy atom. The molecule has 0 radical (unpaired) electrons. The summed E-state index contributed by atoms with van der Waals surface area (Å²) in [6.07, 6.45) is 0.889. The van der Waals surface area contributed by atoms with Crippen molar-refractivity contribution in [2.45, 2.75) is 13.3 Å². The SMILES string of the molecule is CCc1ccc(C(=O)NNC(=O)COc2ccccc2C#N)cc1. The zero-order valence-electron chi connectivity index (χ0n) is 13.2. The molecular formula is C18H17N3O3. The van der Waals surface area contributed by atoms with Gasteiger partial charge in [0.15, 0.2) is 6.61 Å². The van der Waals surface area contributed by atoms with Crippen LogP contribution < -0.4 is 15.6 Å². The normalized spacial score (nSPS) is 9.67. The third-order valence-corrected chi connectivity index (χ3v) is 3.31. The summed E-state index contributed by atoms with van der Waals surface area (Å²) in [4.78, 5) is 23.6. The Bertz CT molecular complexity index is 764. The fourth-order valence-corrected chi connectivity index (χ4v) is 1.95. The topological polar surface area (TPSA) is 91.2 Å². The first kappa shape index (κ1) is 17.0. The lowest BCUT2D eigenvalue weighted by atomic mass is 10.1. The van der Waals surface area contributed by atoms with Crippen molar-refractivity contribution in [3.05, 3.63) is 65.2 Å². The van der Waals surface area contributed by atoms with Crippen LogP contribution >= 0.6 is 0 Å². The number of aryl methyl sites for hydroxylation is 1. The van der Waals surface area contributed by atoms with E-state index in [1.807, 2.05) is 25.1 Å². The van der Waals surface area contributed by atoms with Gasteiger partial charge in [0.05, 0.1) is 5.56 Å². The van der Waals surface area contributed by atoms with Gasteiger partial charge in [0, 0.05) is 5.56 Å². The molecule has 0 bridgehead atoms. The highest BCUT2D eigenvalue weighted by Gasteiger charge is 2.09. The number of amides is 2. The Labute approximate surface area is 140 Å². The number of ether oxygens (including phenoxy) is 1. The lowest BCUT2D eigenvalue weighted by Gasteiger charge is -2.09. The van der Waals surface area contributed by atoms with E-state index in [9.17, 15) is 9.59 Å². The second-order valence-electron chi connectivity index (χ2n) is 4.95. The summed E-state index contributed by atoms with van der Waals surface area (Å²) in [5.74, 6) is -0.624. The molecule has 0 heterocycles. The van der Waals surface area contributed by atoms with Crippen LogP contribution in [0.25, 0.3) is 0 Å². The average Bonchev–Trinajstić information content (AvgIpc) is 2.64. The van der Waals surface area contributed by atoms with Crippen LogP contribution in [-0.4, -0.2) is 18.4 Å². The molecule has 24 heavy (non-hydrogen) atoms. The van der Waals surface area contributed by atoms with E-state index in [0.29, 0.717) is 16.9 Å². The summed E-state index contributed by atoms with van der Waals surface area (Å²) in [6.45, 7) is 1.72. The molecule has 0 spiro atoms. The maximum absolute atomic E-state index is 11.9. The lowest BCUT2D eigenvalue weighted by Crippen LogP contribution is -2.43. The maximum atomic E-state index is 11.9. The number of hydrazine groups is 1. The van der Waals surface area contributed by atoms with Crippen molar-refractivity contribution < 1.29 is 14.3 Å². The van der Waals surface area contributed by atoms with Crippen molar-refractivity contribution in [2.75, 3.05) is 6.61 Å². The van der Waals surface area contributed by atoms with Crippen LogP contribution in [-0.2, 0) is 11.2 Å². The van der Waals surface area contributed by atoms with Crippen molar-refractivity contribution in [2.24, 2.45) is 0 Å². The highest BCUT2D eigenvalue weighted by Crippen LogP contribution is 2.16. The van der Waals surface area contributed by atoms with E-state index < -0.39 is 11.8 Å². The molecule has 0 fully saturated rings. The van der Waals surface area contributed by atoms with Crippen LogP contribution in [0.1, 0.15) is 28.4 Å². The van der Waals surface area contributed by atoms with E-state index in [-0.39, 0.29) is 6.61 Å². The van der Waals surface area contributed by atoms with Crippen LogP contribution in [0, 0.1) is 11.3 Å². The Morgan fingerprint density at radius 3 is 2.46 bits per heavy atom. The molecule has 0 aliphatic rings. The molecule has 2 aromatic carbocycles. The smallest absolute Gasteiger partial charge is 0.276 e. The van der Waals surface area contributed by atoms with Gasteiger partial charge in [-0.05, 0) is 36.2 Å². The summed E-state index contributed by atoms with van der Waals surface area (Å²) in [7, 11) is 0. The minimum Gasteiger partial charge on any atom is -0.482 e. The molecule has 0 atom stereocenters. The van der Waals surface area contributed by atoms with Crippen LogP contribution in [0.15, 0.2) is 48.5 Å². The standard InChI is InChI=1S/C18H17N3O3/c1-2-13-7-9-14(10-8-13)18(23)21-20-17(22)12-24-16-6-4-3-5-15(16)11-19/h3-10H,2,12H2,1H3,(H,20,22)(H,21,23). The van der Waals surface area contributed by atoms with Crippen molar-refractivity contribution in [3.63, 3.8) is 0 Å².